The van der Waals surface area contributed by atoms with Crippen LogP contribution in [0.2, 0.25) is 0 Å². The zero-order valence-corrected chi connectivity index (χ0v) is 14.8. The minimum absolute atomic E-state index is 0.0759. The van der Waals surface area contributed by atoms with Gasteiger partial charge in [-0.25, -0.2) is 8.42 Å². The summed E-state index contributed by atoms with van der Waals surface area (Å²) in [6.45, 7) is 0.447. The average Bonchev–Trinajstić information content (AvgIpc) is 3.27. The van der Waals surface area contributed by atoms with Crippen molar-refractivity contribution in [2.75, 3.05) is 11.5 Å². The summed E-state index contributed by atoms with van der Waals surface area (Å²) >= 11 is 0. The molecule has 1 aromatic heterocycles. The van der Waals surface area contributed by atoms with Gasteiger partial charge in [0.05, 0.1) is 23.2 Å². The number of hydrogen-bond donors (Lipinski definition) is 1. The minimum Gasteiger partial charge on any atom is -0.347 e. The van der Waals surface area contributed by atoms with Gasteiger partial charge in [-0.15, -0.1) is 0 Å². The van der Waals surface area contributed by atoms with Crippen LogP contribution in [-0.4, -0.2) is 35.6 Å². The largest absolute Gasteiger partial charge is 0.347 e. The Labute approximate surface area is 147 Å². The van der Waals surface area contributed by atoms with Crippen molar-refractivity contribution in [3.05, 3.63) is 52.8 Å². The van der Waals surface area contributed by atoms with Gasteiger partial charge in [-0.2, -0.15) is 5.10 Å². The zero-order chi connectivity index (χ0) is 17.4. The third-order valence-electron chi connectivity index (χ3n) is 5.00. The molecule has 1 fully saturated rings. The lowest BCUT2D eigenvalue weighted by Crippen LogP contribution is -2.28. The molecule has 1 N–H and O–H groups in total. The number of nitrogens with zero attached hydrogens (tertiary/aromatic N) is 2. The fourth-order valence-electron chi connectivity index (χ4n) is 3.75. The molecule has 1 aliphatic carbocycles. The van der Waals surface area contributed by atoms with E-state index in [4.69, 9.17) is 0 Å². The summed E-state index contributed by atoms with van der Waals surface area (Å²) in [6.07, 6.45) is 3.23. The Balaban J connectivity index is 1.60. The molecule has 6 nitrogen and oxygen atoms in total. The number of nitrogens with one attached hydrogen (secondary N) is 1. The Hall–Kier alpha value is -2.15. The molecule has 1 saturated heterocycles. The van der Waals surface area contributed by atoms with E-state index in [-0.39, 0.29) is 23.5 Å². The molecule has 1 atom stereocenters. The Kier molecular flexibility index (Phi) is 4.11. The van der Waals surface area contributed by atoms with Gasteiger partial charge in [0.2, 0.25) is 0 Å². The molecule has 132 valence electrons. The summed E-state index contributed by atoms with van der Waals surface area (Å²) in [5.41, 5.74) is 3.54. The number of hydrogen-bond acceptors (Lipinski definition) is 4. The average molecular weight is 359 g/mol. The van der Waals surface area contributed by atoms with Crippen LogP contribution >= 0.6 is 0 Å². The highest BCUT2D eigenvalue weighted by Gasteiger charge is 2.35. The van der Waals surface area contributed by atoms with Crippen molar-refractivity contribution in [2.45, 2.75) is 38.3 Å². The van der Waals surface area contributed by atoms with Crippen LogP contribution in [0.5, 0.6) is 0 Å². The second kappa shape index (κ2) is 6.29. The van der Waals surface area contributed by atoms with Gasteiger partial charge in [0.15, 0.2) is 9.84 Å². The molecule has 1 amide bonds. The number of benzene rings is 1. The van der Waals surface area contributed by atoms with Crippen LogP contribution < -0.4 is 5.32 Å². The van der Waals surface area contributed by atoms with Crippen molar-refractivity contribution in [3.8, 4) is 0 Å². The summed E-state index contributed by atoms with van der Waals surface area (Å²) in [5.74, 6) is 0.0866. The fraction of sp³-hybridized carbons (Fsp3) is 0.444. The lowest BCUT2D eigenvalue weighted by Gasteiger charge is -2.14. The summed E-state index contributed by atoms with van der Waals surface area (Å²) in [5, 5.41) is 7.57. The van der Waals surface area contributed by atoms with Gasteiger partial charge >= 0.3 is 0 Å². The lowest BCUT2D eigenvalue weighted by molar-refractivity contribution is 0.0937. The van der Waals surface area contributed by atoms with E-state index in [0.717, 1.165) is 36.1 Å². The van der Waals surface area contributed by atoms with Crippen LogP contribution in [0, 0.1) is 0 Å². The maximum absolute atomic E-state index is 12.9. The predicted octanol–water partition coefficient (Wildman–Crippen LogP) is 1.66. The van der Waals surface area contributed by atoms with E-state index in [1.165, 1.54) is 0 Å². The van der Waals surface area contributed by atoms with E-state index in [1.807, 2.05) is 30.3 Å². The van der Waals surface area contributed by atoms with E-state index in [0.29, 0.717) is 18.7 Å². The van der Waals surface area contributed by atoms with Gasteiger partial charge in [-0.1, -0.05) is 30.3 Å². The number of aryl methyl sites for hydroxylation is 1. The smallest absolute Gasteiger partial charge is 0.270 e. The Bertz CT molecular complexity index is 903. The Morgan fingerprint density at radius 1 is 1.24 bits per heavy atom. The second-order valence-electron chi connectivity index (χ2n) is 6.80. The van der Waals surface area contributed by atoms with Crippen molar-refractivity contribution in [2.24, 2.45) is 0 Å². The summed E-state index contributed by atoms with van der Waals surface area (Å²) in [7, 11) is -3.03. The first-order chi connectivity index (χ1) is 12.0. The van der Waals surface area contributed by atoms with Crippen LogP contribution in [0.3, 0.4) is 0 Å². The molecule has 0 unspecified atom stereocenters. The molecule has 0 spiro atoms. The van der Waals surface area contributed by atoms with Crippen LogP contribution in [-0.2, 0) is 29.2 Å². The molecule has 1 aliphatic heterocycles. The van der Waals surface area contributed by atoms with E-state index < -0.39 is 9.84 Å². The first-order valence-electron chi connectivity index (χ1n) is 8.66. The van der Waals surface area contributed by atoms with Crippen LogP contribution in [0.1, 0.15) is 46.2 Å². The van der Waals surface area contributed by atoms with Crippen LogP contribution in [0.15, 0.2) is 30.3 Å². The van der Waals surface area contributed by atoms with Gasteiger partial charge < -0.3 is 5.32 Å². The van der Waals surface area contributed by atoms with E-state index >= 15 is 0 Å². The number of rotatable bonds is 4. The number of sulfone groups is 1. The van der Waals surface area contributed by atoms with Gasteiger partial charge in [-0.05, 0) is 31.2 Å². The summed E-state index contributed by atoms with van der Waals surface area (Å²) in [6, 6.07) is 9.51. The first-order valence-corrected chi connectivity index (χ1v) is 10.5. The molecule has 4 rings (SSSR count). The van der Waals surface area contributed by atoms with Gasteiger partial charge in [0, 0.05) is 12.1 Å². The highest BCUT2D eigenvalue weighted by molar-refractivity contribution is 7.91. The normalized spacial score (nSPS) is 21.2. The molecule has 1 aromatic carbocycles. The third-order valence-corrected chi connectivity index (χ3v) is 6.75. The van der Waals surface area contributed by atoms with E-state index in [1.54, 1.807) is 4.68 Å². The van der Waals surface area contributed by atoms with Crippen molar-refractivity contribution >= 4 is 15.7 Å². The van der Waals surface area contributed by atoms with Gasteiger partial charge in [-0.3, -0.25) is 9.48 Å². The molecule has 2 aliphatic rings. The van der Waals surface area contributed by atoms with Crippen molar-refractivity contribution in [1.82, 2.24) is 15.1 Å². The molecule has 2 heterocycles. The summed E-state index contributed by atoms with van der Waals surface area (Å²) in [4.78, 5) is 12.9. The number of carbonyl (C=O) groups is 1. The molecule has 2 aromatic rings. The first kappa shape index (κ1) is 16.3. The molecular formula is C18H21N3O3S. The minimum atomic E-state index is -3.03. The SMILES string of the molecule is O=C(NCc1ccccc1)c1c2c(nn1[C@H]1CCS(=O)(=O)C1)CCC2. The molecule has 25 heavy (non-hydrogen) atoms. The number of carbonyl (C=O) groups excluding carboxylic acids is 1. The topological polar surface area (TPSA) is 81.1 Å². The van der Waals surface area contributed by atoms with Gasteiger partial charge in [0.1, 0.15) is 5.69 Å². The lowest BCUT2D eigenvalue weighted by atomic mass is 10.1. The standard InChI is InChI=1S/C18H21N3O3S/c22-18(19-11-13-5-2-1-3-6-13)17-15-7-4-8-16(15)20-21(17)14-9-10-25(23,24)12-14/h1-3,5-6,14H,4,7-12H2,(H,19,22)/t14-/m0/s1. The fourth-order valence-corrected chi connectivity index (χ4v) is 5.44. The van der Waals surface area contributed by atoms with Crippen molar-refractivity contribution < 1.29 is 13.2 Å². The quantitative estimate of drug-likeness (QED) is 0.900. The molecule has 0 bridgehead atoms. The highest BCUT2D eigenvalue weighted by atomic mass is 32.2. The molecular weight excluding hydrogens is 338 g/mol. The van der Waals surface area contributed by atoms with Crippen LogP contribution in [0.25, 0.3) is 0 Å². The molecule has 0 radical (unpaired) electrons. The second-order valence-corrected chi connectivity index (χ2v) is 9.03. The third kappa shape index (κ3) is 3.20. The predicted molar refractivity (Wildman–Crippen MR) is 94.2 cm³/mol. The maximum Gasteiger partial charge on any atom is 0.270 e. The van der Waals surface area contributed by atoms with Crippen molar-refractivity contribution in [1.29, 1.82) is 0 Å². The van der Waals surface area contributed by atoms with Crippen molar-refractivity contribution in [3.63, 3.8) is 0 Å². The van der Waals surface area contributed by atoms with Gasteiger partial charge in [0.25, 0.3) is 5.91 Å². The van der Waals surface area contributed by atoms with E-state index in [9.17, 15) is 13.2 Å². The molecule has 7 heteroatoms. The number of aromatic nitrogens is 2. The number of fused-ring (bicyclic) bond motifs is 1. The number of amides is 1. The Morgan fingerprint density at radius 3 is 2.76 bits per heavy atom. The highest BCUT2D eigenvalue weighted by Crippen LogP contribution is 2.31. The zero-order valence-electron chi connectivity index (χ0n) is 13.9. The summed E-state index contributed by atoms with van der Waals surface area (Å²) < 4.78 is 25.4. The van der Waals surface area contributed by atoms with Crippen LogP contribution in [0.4, 0.5) is 0 Å². The molecule has 0 saturated carbocycles. The monoisotopic (exact) mass is 359 g/mol. The Morgan fingerprint density at radius 2 is 2.04 bits per heavy atom. The van der Waals surface area contributed by atoms with E-state index in [2.05, 4.69) is 10.4 Å². The maximum atomic E-state index is 12.9.